The van der Waals surface area contributed by atoms with Gasteiger partial charge in [-0.05, 0) is 29.6 Å². The minimum absolute atomic E-state index is 0.106. The van der Waals surface area contributed by atoms with Gasteiger partial charge >= 0.3 is 5.91 Å². The molecule has 0 aromatic heterocycles. The zero-order valence-electron chi connectivity index (χ0n) is 14.2. The van der Waals surface area contributed by atoms with E-state index in [-0.39, 0.29) is 12.1 Å². The maximum atomic E-state index is 12.9. The smallest absolute Gasteiger partial charge is 0.311 e. The average molecular weight is 356 g/mol. The van der Waals surface area contributed by atoms with Crippen molar-refractivity contribution >= 4 is 17.5 Å². The Balaban J connectivity index is 2.33. The average Bonchev–Trinajstić information content (AvgIpc) is 2.62. The highest BCUT2D eigenvalue weighted by molar-refractivity contribution is 5.98. The highest BCUT2D eigenvalue weighted by Gasteiger charge is 2.34. The van der Waals surface area contributed by atoms with Crippen LogP contribution in [0.25, 0.3) is 0 Å². The first-order valence-corrected chi connectivity index (χ1v) is 8.03. The fourth-order valence-corrected chi connectivity index (χ4v) is 2.37. The van der Waals surface area contributed by atoms with Crippen LogP contribution in [0.2, 0.25) is 0 Å². The van der Waals surface area contributed by atoms with Crippen molar-refractivity contribution in [3.05, 3.63) is 76.3 Å². The van der Waals surface area contributed by atoms with E-state index >= 15 is 0 Å². The molecule has 0 fully saturated rings. The highest BCUT2D eigenvalue weighted by atomic mass is 16.7. The Hall–Kier alpha value is -3.26. The fraction of sp³-hybridized carbons (Fsp3) is 0.222. The summed E-state index contributed by atoms with van der Waals surface area (Å²) in [7, 11) is 0. The standard InChI is InChI=1S/C18H20N4O4/c1-13(19)17(23)20-16(12-14-8-4-2-5-9-14)18(24)21(22(25)26)15-10-6-3-7-11-15/h2-11,13,16H,12,19H2,1H3,(H,20,23)/t13-,16-/m0/s1. The lowest BCUT2D eigenvalue weighted by molar-refractivity contribution is -0.484. The lowest BCUT2D eigenvalue weighted by atomic mass is 10.0. The van der Waals surface area contributed by atoms with E-state index < -0.39 is 28.9 Å². The molecular weight excluding hydrogens is 336 g/mol. The second-order valence-electron chi connectivity index (χ2n) is 5.76. The normalized spacial score (nSPS) is 12.7. The van der Waals surface area contributed by atoms with Crippen LogP contribution >= 0.6 is 0 Å². The second-order valence-corrected chi connectivity index (χ2v) is 5.76. The molecule has 2 amide bonds. The Labute approximate surface area is 150 Å². The zero-order valence-corrected chi connectivity index (χ0v) is 14.2. The SMILES string of the molecule is C[C@H](N)C(=O)N[C@@H](Cc1ccccc1)C(=O)N(c1ccccc1)[N+](=O)[O-]. The number of benzene rings is 2. The van der Waals surface area contributed by atoms with E-state index in [1.54, 1.807) is 42.5 Å². The zero-order chi connectivity index (χ0) is 19.1. The van der Waals surface area contributed by atoms with E-state index in [0.29, 0.717) is 5.01 Å². The van der Waals surface area contributed by atoms with Crippen LogP contribution in [0.4, 0.5) is 5.69 Å². The second kappa shape index (κ2) is 8.72. The Morgan fingerprint density at radius 1 is 1.12 bits per heavy atom. The van der Waals surface area contributed by atoms with Crippen molar-refractivity contribution in [1.29, 1.82) is 0 Å². The van der Waals surface area contributed by atoms with Crippen LogP contribution in [-0.4, -0.2) is 28.9 Å². The first-order chi connectivity index (χ1) is 12.4. The molecule has 0 heterocycles. The summed E-state index contributed by atoms with van der Waals surface area (Å²) in [6.07, 6.45) is 0.106. The predicted octanol–water partition coefficient (Wildman–Crippen LogP) is 1.29. The molecule has 0 spiro atoms. The van der Waals surface area contributed by atoms with Crippen LogP contribution in [0.15, 0.2) is 60.7 Å². The van der Waals surface area contributed by atoms with Gasteiger partial charge in [-0.1, -0.05) is 48.5 Å². The number of anilines is 1. The number of nitrogens with one attached hydrogen (secondary N) is 1. The molecular formula is C18H20N4O4. The van der Waals surface area contributed by atoms with Gasteiger partial charge in [0, 0.05) is 6.42 Å². The first kappa shape index (κ1) is 19.1. The number of hydrogen-bond acceptors (Lipinski definition) is 5. The number of hydrogen-bond donors (Lipinski definition) is 2. The van der Waals surface area contributed by atoms with Crippen molar-refractivity contribution in [2.45, 2.75) is 25.4 Å². The van der Waals surface area contributed by atoms with Crippen LogP contribution in [0, 0.1) is 10.1 Å². The molecule has 0 unspecified atom stereocenters. The summed E-state index contributed by atoms with van der Waals surface area (Å²) in [6, 6.07) is 14.7. The van der Waals surface area contributed by atoms with Gasteiger partial charge in [0.1, 0.15) is 11.7 Å². The molecule has 0 bridgehead atoms. The van der Waals surface area contributed by atoms with Crippen LogP contribution in [-0.2, 0) is 16.0 Å². The van der Waals surface area contributed by atoms with Crippen molar-refractivity contribution in [2.75, 3.05) is 5.01 Å². The Kier molecular flexibility index (Phi) is 6.40. The lowest BCUT2D eigenvalue weighted by Gasteiger charge is -2.22. The number of hydrazine groups is 1. The lowest BCUT2D eigenvalue weighted by Crippen LogP contribution is -2.54. The molecule has 0 aliphatic rings. The van der Waals surface area contributed by atoms with Gasteiger partial charge in [0.15, 0.2) is 5.03 Å². The van der Waals surface area contributed by atoms with E-state index in [4.69, 9.17) is 5.73 Å². The van der Waals surface area contributed by atoms with Crippen molar-refractivity contribution in [1.82, 2.24) is 5.32 Å². The summed E-state index contributed by atoms with van der Waals surface area (Å²) in [6.45, 7) is 1.47. The molecule has 0 saturated carbocycles. The summed E-state index contributed by atoms with van der Waals surface area (Å²) in [5.41, 5.74) is 6.42. The number of carbonyl (C=O) groups is 2. The molecule has 0 aliphatic carbocycles. The maximum Gasteiger partial charge on any atom is 0.311 e. The summed E-state index contributed by atoms with van der Waals surface area (Å²) < 4.78 is 0. The topological polar surface area (TPSA) is 119 Å². The molecule has 3 N–H and O–H groups in total. The van der Waals surface area contributed by atoms with Crippen molar-refractivity contribution in [3.8, 4) is 0 Å². The predicted molar refractivity (Wildman–Crippen MR) is 96.6 cm³/mol. The maximum absolute atomic E-state index is 12.9. The molecule has 2 aromatic carbocycles. The van der Waals surface area contributed by atoms with Gasteiger partial charge in [-0.25, -0.2) is 10.1 Å². The Bertz CT molecular complexity index is 765. The Morgan fingerprint density at radius 2 is 1.65 bits per heavy atom. The van der Waals surface area contributed by atoms with Gasteiger partial charge < -0.3 is 11.1 Å². The van der Waals surface area contributed by atoms with Gasteiger partial charge in [-0.2, -0.15) is 0 Å². The summed E-state index contributed by atoms with van der Waals surface area (Å²) in [5, 5.41) is 13.6. The van der Waals surface area contributed by atoms with E-state index in [2.05, 4.69) is 5.32 Å². The largest absolute Gasteiger partial charge is 0.342 e. The van der Waals surface area contributed by atoms with Crippen LogP contribution in [0.1, 0.15) is 12.5 Å². The summed E-state index contributed by atoms with van der Waals surface area (Å²) >= 11 is 0. The molecule has 0 saturated heterocycles. The fourth-order valence-electron chi connectivity index (χ4n) is 2.37. The molecule has 136 valence electrons. The number of carbonyl (C=O) groups excluding carboxylic acids is 2. The monoisotopic (exact) mass is 356 g/mol. The van der Waals surface area contributed by atoms with Gasteiger partial charge in [0.25, 0.3) is 0 Å². The minimum Gasteiger partial charge on any atom is -0.342 e. The molecule has 0 aliphatic heterocycles. The first-order valence-electron chi connectivity index (χ1n) is 8.03. The third-order valence-electron chi connectivity index (χ3n) is 3.68. The van der Waals surface area contributed by atoms with Crippen LogP contribution in [0.5, 0.6) is 0 Å². The third-order valence-corrected chi connectivity index (χ3v) is 3.68. The molecule has 2 aromatic rings. The van der Waals surface area contributed by atoms with E-state index in [1.165, 1.54) is 19.1 Å². The quantitative estimate of drug-likeness (QED) is 0.572. The number of nitrogens with two attached hydrogens (primary N) is 1. The number of para-hydroxylation sites is 1. The number of amides is 2. The molecule has 26 heavy (non-hydrogen) atoms. The van der Waals surface area contributed by atoms with Gasteiger partial charge in [0.05, 0.1) is 6.04 Å². The van der Waals surface area contributed by atoms with E-state index in [1.807, 2.05) is 6.07 Å². The molecule has 8 nitrogen and oxygen atoms in total. The minimum atomic E-state index is -1.12. The van der Waals surface area contributed by atoms with E-state index in [0.717, 1.165) is 5.56 Å². The van der Waals surface area contributed by atoms with Crippen LogP contribution < -0.4 is 16.1 Å². The molecule has 0 radical (unpaired) electrons. The van der Waals surface area contributed by atoms with Crippen molar-refractivity contribution < 1.29 is 14.6 Å². The molecule has 2 atom stereocenters. The van der Waals surface area contributed by atoms with Crippen molar-refractivity contribution in [3.63, 3.8) is 0 Å². The van der Waals surface area contributed by atoms with Crippen LogP contribution in [0.3, 0.4) is 0 Å². The van der Waals surface area contributed by atoms with E-state index in [9.17, 15) is 19.7 Å². The highest BCUT2D eigenvalue weighted by Crippen LogP contribution is 2.16. The van der Waals surface area contributed by atoms with Crippen molar-refractivity contribution in [2.24, 2.45) is 5.73 Å². The number of rotatable bonds is 7. The molecule has 8 heteroatoms. The number of nitro groups is 1. The van der Waals surface area contributed by atoms with Gasteiger partial charge in [-0.15, -0.1) is 0 Å². The number of nitrogens with zero attached hydrogens (tertiary/aromatic N) is 2. The van der Waals surface area contributed by atoms with Gasteiger partial charge in [-0.3, -0.25) is 9.59 Å². The summed E-state index contributed by atoms with van der Waals surface area (Å²) in [4.78, 5) is 36.4. The van der Waals surface area contributed by atoms with Gasteiger partial charge in [0.2, 0.25) is 5.91 Å². The third kappa shape index (κ3) is 4.87. The molecule has 2 rings (SSSR count). The summed E-state index contributed by atoms with van der Waals surface area (Å²) in [5.74, 6) is -1.41. The Morgan fingerprint density at radius 3 is 2.15 bits per heavy atom.